The van der Waals surface area contributed by atoms with Gasteiger partial charge in [0.1, 0.15) is 6.10 Å². The monoisotopic (exact) mass is 365 g/mol. The van der Waals surface area contributed by atoms with Crippen LogP contribution in [0.15, 0.2) is 42.5 Å². The molecule has 0 saturated carbocycles. The number of likely N-dealkylation sites (tertiary alicyclic amines) is 1. The van der Waals surface area contributed by atoms with Crippen molar-refractivity contribution in [1.82, 2.24) is 4.90 Å². The lowest BCUT2D eigenvalue weighted by Gasteiger charge is -2.17. The number of esters is 1. The van der Waals surface area contributed by atoms with Crippen LogP contribution in [0.1, 0.15) is 16.8 Å². The van der Waals surface area contributed by atoms with E-state index in [1.54, 1.807) is 42.5 Å². The molecule has 6 heteroatoms. The lowest BCUT2D eigenvalue weighted by atomic mass is 10.2. The molecule has 1 aliphatic rings. The highest BCUT2D eigenvalue weighted by molar-refractivity contribution is 6.31. The van der Waals surface area contributed by atoms with E-state index < -0.39 is 5.97 Å². The first-order valence-electron chi connectivity index (χ1n) is 7.64. The predicted octanol–water partition coefficient (Wildman–Crippen LogP) is 4.30. The van der Waals surface area contributed by atoms with Crippen LogP contribution in [0.25, 0.3) is 0 Å². The molecule has 0 aromatic heterocycles. The smallest absolute Gasteiger partial charge is 0.343 e. The van der Waals surface area contributed by atoms with Crippen molar-refractivity contribution in [2.45, 2.75) is 12.5 Å². The fourth-order valence-electron chi connectivity index (χ4n) is 2.60. The Morgan fingerprint density at radius 2 is 1.92 bits per heavy atom. The first-order chi connectivity index (χ1) is 11.5. The Kier molecular flexibility index (Phi) is 5.29. The van der Waals surface area contributed by atoms with Crippen molar-refractivity contribution in [3.05, 3.63) is 58.1 Å². The minimum Gasteiger partial charge on any atom is -0.485 e. The minimum absolute atomic E-state index is 0.0693. The average molecular weight is 366 g/mol. The molecule has 1 fully saturated rings. The van der Waals surface area contributed by atoms with Crippen LogP contribution >= 0.6 is 23.2 Å². The molecule has 2 aromatic rings. The summed E-state index contributed by atoms with van der Waals surface area (Å²) in [6.45, 7) is 1.82. The topological polar surface area (TPSA) is 38.8 Å². The van der Waals surface area contributed by atoms with Gasteiger partial charge in [0.25, 0.3) is 0 Å². The van der Waals surface area contributed by atoms with Gasteiger partial charge >= 0.3 is 5.97 Å². The molecule has 3 rings (SSSR count). The number of benzene rings is 2. The predicted molar refractivity (Wildman–Crippen MR) is 94.4 cm³/mol. The summed E-state index contributed by atoms with van der Waals surface area (Å²) < 4.78 is 11.5. The quantitative estimate of drug-likeness (QED) is 0.598. The zero-order valence-electron chi connectivity index (χ0n) is 13.2. The van der Waals surface area contributed by atoms with Crippen LogP contribution < -0.4 is 9.47 Å². The van der Waals surface area contributed by atoms with Crippen molar-refractivity contribution in [2.24, 2.45) is 0 Å². The average Bonchev–Trinajstić information content (AvgIpc) is 2.95. The standard InChI is InChI=1S/C18H17Cl2NO3/c1-21-8-7-15(11-21)23-16-6-5-14(20)10-17(16)24-18(22)12-3-2-4-13(19)9-12/h2-6,9-10,15H,7-8,11H2,1H3/t15-/m1/s1. The normalized spacial score (nSPS) is 17.7. The number of halogens is 2. The van der Waals surface area contributed by atoms with Crippen molar-refractivity contribution < 1.29 is 14.3 Å². The first-order valence-corrected chi connectivity index (χ1v) is 8.39. The summed E-state index contributed by atoms with van der Waals surface area (Å²) in [6, 6.07) is 11.6. The molecule has 0 amide bonds. The summed E-state index contributed by atoms with van der Waals surface area (Å²) in [6.07, 6.45) is 1.00. The van der Waals surface area contributed by atoms with Crippen LogP contribution in [0, 0.1) is 0 Å². The maximum atomic E-state index is 12.3. The molecule has 1 saturated heterocycles. The number of ether oxygens (including phenoxy) is 2. The third-order valence-corrected chi connectivity index (χ3v) is 4.28. The van der Waals surface area contributed by atoms with Gasteiger partial charge in [-0.25, -0.2) is 4.79 Å². The Labute approximate surface area is 150 Å². The molecule has 2 aromatic carbocycles. The Morgan fingerprint density at radius 1 is 1.12 bits per heavy atom. The highest BCUT2D eigenvalue weighted by Crippen LogP contribution is 2.33. The number of carbonyl (C=O) groups is 1. The third-order valence-electron chi connectivity index (χ3n) is 3.81. The zero-order chi connectivity index (χ0) is 17.1. The largest absolute Gasteiger partial charge is 0.485 e. The number of nitrogens with zero attached hydrogens (tertiary/aromatic N) is 1. The molecule has 1 atom stereocenters. The van der Waals surface area contributed by atoms with Gasteiger partial charge in [-0.05, 0) is 43.8 Å². The Bertz CT molecular complexity index is 751. The summed E-state index contributed by atoms with van der Waals surface area (Å²) in [7, 11) is 2.05. The molecule has 0 spiro atoms. The van der Waals surface area contributed by atoms with Crippen molar-refractivity contribution in [3.63, 3.8) is 0 Å². The van der Waals surface area contributed by atoms with Crippen molar-refractivity contribution >= 4 is 29.2 Å². The van der Waals surface area contributed by atoms with Gasteiger partial charge < -0.3 is 14.4 Å². The van der Waals surface area contributed by atoms with E-state index in [9.17, 15) is 4.79 Å². The third kappa shape index (κ3) is 4.20. The van der Waals surface area contributed by atoms with Crippen LogP contribution in [-0.2, 0) is 0 Å². The number of hydrogen-bond donors (Lipinski definition) is 0. The molecule has 0 bridgehead atoms. The maximum Gasteiger partial charge on any atom is 0.343 e. The highest BCUT2D eigenvalue weighted by Gasteiger charge is 2.23. The van der Waals surface area contributed by atoms with Gasteiger partial charge in [0.05, 0.1) is 5.56 Å². The maximum absolute atomic E-state index is 12.3. The molecule has 4 nitrogen and oxygen atoms in total. The second-order valence-corrected chi connectivity index (χ2v) is 6.65. The molecular weight excluding hydrogens is 349 g/mol. The fourth-order valence-corrected chi connectivity index (χ4v) is 2.96. The second kappa shape index (κ2) is 7.43. The zero-order valence-corrected chi connectivity index (χ0v) is 14.7. The lowest BCUT2D eigenvalue weighted by molar-refractivity contribution is 0.0724. The second-order valence-electron chi connectivity index (χ2n) is 5.78. The number of likely N-dealkylation sites (N-methyl/N-ethyl adjacent to an activating group) is 1. The van der Waals surface area contributed by atoms with Crippen LogP contribution in [0.2, 0.25) is 10.0 Å². The Balaban J connectivity index is 1.79. The SMILES string of the molecule is CN1CC[C@@H](Oc2ccc(Cl)cc2OC(=O)c2cccc(Cl)c2)C1. The van der Waals surface area contributed by atoms with Gasteiger partial charge in [0, 0.05) is 29.2 Å². The van der Waals surface area contributed by atoms with E-state index in [2.05, 4.69) is 4.90 Å². The number of rotatable bonds is 4. The summed E-state index contributed by atoms with van der Waals surface area (Å²) >= 11 is 12.0. The van der Waals surface area contributed by atoms with E-state index in [1.807, 2.05) is 7.05 Å². The van der Waals surface area contributed by atoms with Gasteiger partial charge in [-0.1, -0.05) is 29.3 Å². The van der Waals surface area contributed by atoms with Gasteiger partial charge in [-0.2, -0.15) is 0 Å². The minimum atomic E-state index is -0.506. The molecular formula is C18H17Cl2NO3. The molecule has 0 unspecified atom stereocenters. The molecule has 1 aliphatic heterocycles. The molecule has 1 heterocycles. The van der Waals surface area contributed by atoms with E-state index in [4.69, 9.17) is 32.7 Å². The van der Waals surface area contributed by atoms with Gasteiger partial charge in [0.2, 0.25) is 0 Å². The van der Waals surface area contributed by atoms with Crippen LogP contribution in [0.4, 0.5) is 0 Å². The Hall–Kier alpha value is -1.75. The molecule has 24 heavy (non-hydrogen) atoms. The van der Waals surface area contributed by atoms with Crippen molar-refractivity contribution in [1.29, 1.82) is 0 Å². The van der Waals surface area contributed by atoms with E-state index in [0.717, 1.165) is 19.5 Å². The molecule has 126 valence electrons. The van der Waals surface area contributed by atoms with Crippen molar-refractivity contribution in [2.75, 3.05) is 20.1 Å². The van der Waals surface area contributed by atoms with E-state index >= 15 is 0 Å². The highest BCUT2D eigenvalue weighted by atomic mass is 35.5. The summed E-state index contributed by atoms with van der Waals surface area (Å²) in [5.41, 5.74) is 0.369. The summed E-state index contributed by atoms with van der Waals surface area (Å²) in [5.74, 6) is 0.310. The molecule has 0 N–H and O–H groups in total. The van der Waals surface area contributed by atoms with Gasteiger partial charge in [0.15, 0.2) is 11.5 Å². The van der Waals surface area contributed by atoms with E-state index in [-0.39, 0.29) is 6.10 Å². The van der Waals surface area contributed by atoms with E-state index in [0.29, 0.717) is 27.1 Å². The van der Waals surface area contributed by atoms with Crippen LogP contribution in [-0.4, -0.2) is 37.1 Å². The lowest BCUT2D eigenvalue weighted by Crippen LogP contribution is -2.22. The van der Waals surface area contributed by atoms with Gasteiger partial charge in [-0.15, -0.1) is 0 Å². The Morgan fingerprint density at radius 3 is 2.62 bits per heavy atom. The van der Waals surface area contributed by atoms with Crippen molar-refractivity contribution in [3.8, 4) is 11.5 Å². The molecule has 0 radical (unpaired) electrons. The van der Waals surface area contributed by atoms with E-state index in [1.165, 1.54) is 0 Å². The summed E-state index contributed by atoms with van der Waals surface area (Å²) in [4.78, 5) is 14.5. The fraction of sp³-hybridized carbons (Fsp3) is 0.278. The number of carbonyl (C=O) groups excluding carboxylic acids is 1. The van der Waals surface area contributed by atoms with Crippen LogP contribution in [0.3, 0.4) is 0 Å². The number of hydrogen-bond acceptors (Lipinski definition) is 4. The summed E-state index contributed by atoms with van der Waals surface area (Å²) in [5, 5.41) is 0.945. The molecule has 0 aliphatic carbocycles. The van der Waals surface area contributed by atoms with Crippen LogP contribution in [0.5, 0.6) is 11.5 Å². The first kappa shape index (κ1) is 17.1. The van der Waals surface area contributed by atoms with Gasteiger partial charge in [-0.3, -0.25) is 0 Å².